The van der Waals surface area contributed by atoms with Gasteiger partial charge in [-0.25, -0.2) is 4.68 Å². The van der Waals surface area contributed by atoms with Crippen molar-refractivity contribution in [2.75, 3.05) is 6.54 Å². The second kappa shape index (κ2) is 6.32. The van der Waals surface area contributed by atoms with E-state index < -0.39 is 0 Å². The standard InChI is InChI=1S/C15H20N4O/c1-4-10-16-15(20)13-14(11(2)3)19(18-17-13)12-8-6-5-7-9-12/h5-9,11H,4,10H2,1-3H3,(H,16,20). The normalized spacial score (nSPS) is 10.8. The molecule has 5 nitrogen and oxygen atoms in total. The first-order valence-electron chi connectivity index (χ1n) is 6.94. The molecule has 2 aromatic rings. The van der Waals surface area contributed by atoms with Gasteiger partial charge in [-0.3, -0.25) is 4.79 Å². The van der Waals surface area contributed by atoms with Crippen LogP contribution in [0, 0.1) is 0 Å². The summed E-state index contributed by atoms with van der Waals surface area (Å²) in [4.78, 5) is 12.1. The first kappa shape index (κ1) is 14.2. The predicted octanol–water partition coefficient (Wildman–Crippen LogP) is 2.53. The Bertz CT molecular complexity index is 575. The molecule has 106 valence electrons. The lowest BCUT2D eigenvalue weighted by molar-refractivity contribution is 0.0947. The number of nitrogens with one attached hydrogen (secondary N) is 1. The van der Waals surface area contributed by atoms with Gasteiger partial charge in [-0.15, -0.1) is 5.10 Å². The highest BCUT2D eigenvalue weighted by atomic mass is 16.2. The predicted molar refractivity (Wildman–Crippen MR) is 78.1 cm³/mol. The third-order valence-electron chi connectivity index (χ3n) is 3.00. The van der Waals surface area contributed by atoms with Crippen molar-refractivity contribution in [2.45, 2.75) is 33.1 Å². The van der Waals surface area contributed by atoms with E-state index in [-0.39, 0.29) is 11.8 Å². The second-order valence-corrected chi connectivity index (χ2v) is 4.98. The van der Waals surface area contributed by atoms with Crippen LogP contribution in [0.3, 0.4) is 0 Å². The van der Waals surface area contributed by atoms with Crippen LogP contribution in [0.4, 0.5) is 0 Å². The fourth-order valence-corrected chi connectivity index (χ4v) is 2.05. The summed E-state index contributed by atoms with van der Waals surface area (Å²) in [6.45, 7) is 6.74. The quantitative estimate of drug-likeness (QED) is 0.910. The fourth-order valence-electron chi connectivity index (χ4n) is 2.05. The Morgan fingerprint density at radius 2 is 2.00 bits per heavy atom. The van der Waals surface area contributed by atoms with Crippen molar-refractivity contribution < 1.29 is 4.79 Å². The molecule has 0 spiro atoms. The van der Waals surface area contributed by atoms with Gasteiger partial charge in [0.2, 0.25) is 0 Å². The monoisotopic (exact) mass is 272 g/mol. The number of para-hydroxylation sites is 1. The molecule has 20 heavy (non-hydrogen) atoms. The van der Waals surface area contributed by atoms with E-state index in [4.69, 9.17) is 0 Å². The maximum absolute atomic E-state index is 12.1. The van der Waals surface area contributed by atoms with Crippen molar-refractivity contribution in [1.29, 1.82) is 0 Å². The summed E-state index contributed by atoms with van der Waals surface area (Å²) in [5.41, 5.74) is 2.17. The molecular weight excluding hydrogens is 252 g/mol. The number of rotatable bonds is 5. The van der Waals surface area contributed by atoms with Crippen LogP contribution in [-0.4, -0.2) is 27.4 Å². The Kier molecular flexibility index (Phi) is 4.50. The number of carbonyl (C=O) groups is 1. The third-order valence-corrected chi connectivity index (χ3v) is 3.00. The average Bonchev–Trinajstić information content (AvgIpc) is 2.90. The van der Waals surface area contributed by atoms with Gasteiger partial charge in [0.15, 0.2) is 5.69 Å². The van der Waals surface area contributed by atoms with Crippen LogP contribution in [0.25, 0.3) is 5.69 Å². The Morgan fingerprint density at radius 3 is 2.60 bits per heavy atom. The van der Waals surface area contributed by atoms with Gasteiger partial charge >= 0.3 is 0 Å². The minimum absolute atomic E-state index is 0.155. The molecule has 0 bridgehead atoms. The molecule has 5 heteroatoms. The van der Waals surface area contributed by atoms with E-state index in [1.165, 1.54) is 0 Å². The van der Waals surface area contributed by atoms with E-state index in [0.29, 0.717) is 12.2 Å². The fraction of sp³-hybridized carbons (Fsp3) is 0.400. The summed E-state index contributed by atoms with van der Waals surface area (Å²) in [7, 11) is 0. The molecule has 0 saturated heterocycles. The molecule has 0 fully saturated rings. The van der Waals surface area contributed by atoms with Crippen molar-refractivity contribution in [3.8, 4) is 5.69 Å². The van der Waals surface area contributed by atoms with Gasteiger partial charge < -0.3 is 5.32 Å². The molecule has 1 aromatic heterocycles. The van der Waals surface area contributed by atoms with Gasteiger partial charge in [0.1, 0.15) is 0 Å². The number of amides is 1. The van der Waals surface area contributed by atoms with E-state index in [1.54, 1.807) is 4.68 Å². The SMILES string of the molecule is CCCNC(=O)c1nnn(-c2ccccc2)c1C(C)C. The number of nitrogens with zero attached hydrogens (tertiary/aromatic N) is 3. The van der Waals surface area contributed by atoms with E-state index in [1.807, 2.05) is 51.1 Å². The van der Waals surface area contributed by atoms with Crippen molar-refractivity contribution in [3.05, 3.63) is 41.7 Å². The highest BCUT2D eigenvalue weighted by Gasteiger charge is 2.22. The van der Waals surface area contributed by atoms with E-state index in [2.05, 4.69) is 15.6 Å². The average molecular weight is 272 g/mol. The van der Waals surface area contributed by atoms with Crippen molar-refractivity contribution in [2.24, 2.45) is 0 Å². The van der Waals surface area contributed by atoms with Crippen LogP contribution in [0.15, 0.2) is 30.3 Å². The molecule has 0 aliphatic carbocycles. The molecule has 0 aliphatic rings. The van der Waals surface area contributed by atoms with Gasteiger partial charge in [-0.1, -0.05) is 44.2 Å². The lowest BCUT2D eigenvalue weighted by Gasteiger charge is -2.10. The number of benzene rings is 1. The summed E-state index contributed by atoms with van der Waals surface area (Å²) in [5.74, 6) is 0.00492. The number of hydrogen-bond donors (Lipinski definition) is 1. The number of aromatic nitrogens is 3. The molecule has 0 aliphatic heterocycles. The van der Waals surface area contributed by atoms with Gasteiger partial charge in [0.05, 0.1) is 11.4 Å². The highest BCUT2D eigenvalue weighted by Crippen LogP contribution is 2.21. The Hall–Kier alpha value is -2.17. The zero-order valence-electron chi connectivity index (χ0n) is 12.1. The van der Waals surface area contributed by atoms with Crippen LogP contribution < -0.4 is 5.32 Å². The van der Waals surface area contributed by atoms with Crippen LogP contribution >= 0.6 is 0 Å². The molecule has 1 heterocycles. The molecule has 1 N–H and O–H groups in total. The zero-order valence-corrected chi connectivity index (χ0v) is 12.1. The van der Waals surface area contributed by atoms with Crippen LogP contribution in [-0.2, 0) is 0 Å². The smallest absolute Gasteiger partial charge is 0.273 e. The van der Waals surface area contributed by atoms with Crippen LogP contribution in [0.1, 0.15) is 49.3 Å². The van der Waals surface area contributed by atoms with E-state index in [9.17, 15) is 4.79 Å². The summed E-state index contributed by atoms with van der Waals surface area (Å²) in [6.07, 6.45) is 0.898. The molecule has 1 amide bonds. The Labute approximate surface area is 119 Å². The summed E-state index contributed by atoms with van der Waals surface area (Å²) in [6, 6.07) is 9.74. The van der Waals surface area contributed by atoms with Crippen molar-refractivity contribution in [1.82, 2.24) is 20.3 Å². The molecule has 2 rings (SSSR count). The maximum Gasteiger partial charge on any atom is 0.273 e. The lowest BCUT2D eigenvalue weighted by Crippen LogP contribution is -2.26. The first-order valence-corrected chi connectivity index (χ1v) is 6.94. The zero-order chi connectivity index (χ0) is 14.5. The maximum atomic E-state index is 12.1. The molecular formula is C15H20N4O. The van der Waals surface area contributed by atoms with Gasteiger partial charge in [-0.2, -0.15) is 0 Å². The van der Waals surface area contributed by atoms with Crippen molar-refractivity contribution >= 4 is 5.91 Å². The minimum Gasteiger partial charge on any atom is -0.351 e. The molecule has 1 aromatic carbocycles. The Balaban J connectivity index is 2.41. The van der Waals surface area contributed by atoms with Crippen molar-refractivity contribution in [3.63, 3.8) is 0 Å². The topological polar surface area (TPSA) is 59.8 Å². The third kappa shape index (κ3) is 2.87. The molecule has 0 unspecified atom stereocenters. The highest BCUT2D eigenvalue weighted by molar-refractivity contribution is 5.93. The minimum atomic E-state index is -0.155. The van der Waals surface area contributed by atoms with E-state index in [0.717, 1.165) is 17.8 Å². The van der Waals surface area contributed by atoms with Gasteiger partial charge in [-0.05, 0) is 24.5 Å². The Morgan fingerprint density at radius 1 is 1.30 bits per heavy atom. The molecule has 0 radical (unpaired) electrons. The summed E-state index contributed by atoms with van der Waals surface area (Å²) >= 11 is 0. The van der Waals surface area contributed by atoms with Crippen LogP contribution in [0.2, 0.25) is 0 Å². The van der Waals surface area contributed by atoms with E-state index >= 15 is 0 Å². The summed E-state index contributed by atoms with van der Waals surface area (Å²) in [5, 5.41) is 11.1. The molecule has 0 saturated carbocycles. The number of carbonyl (C=O) groups excluding carboxylic acids is 1. The summed E-state index contributed by atoms with van der Waals surface area (Å²) < 4.78 is 1.74. The van der Waals surface area contributed by atoms with Gasteiger partial charge in [0, 0.05) is 6.54 Å². The molecule has 0 atom stereocenters. The van der Waals surface area contributed by atoms with Gasteiger partial charge in [0.25, 0.3) is 5.91 Å². The lowest BCUT2D eigenvalue weighted by atomic mass is 10.1. The largest absolute Gasteiger partial charge is 0.351 e. The number of hydrogen-bond acceptors (Lipinski definition) is 3. The second-order valence-electron chi connectivity index (χ2n) is 4.98. The first-order chi connectivity index (χ1) is 9.65. The van der Waals surface area contributed by atoms with Crippen LogP contribution in [0.5, 0.6) is 0 Å².